The Hall–Kier alpha value is -2.15. The Balaban J connectivity index is 0.00000363. The SMILES string of the molecule is CN=C(NCc1cccc(S(=O)(=O)NCCOC)c1)NCc1oc2ccccc2c1C.I. The number of methoxy groups -OCH3 is 1. The van der Waals surface area contributed by atoms with Crippen molar-refractivity contribution in [1.29, 1.82) is 0 Å². The van der Waals surface area contributed by atoms with Crippen LogP contribution in [-0.4, -0.2) is 41.7 Å². The van der Waals surface area contributed by atoms with Gasteiger partial charge in [0.05, 0.1) is 18.0 Å². The van der Waals surface area contributed by atoms with Gasteiger partial charge in [0.15, 0.2) is 5.96 Å². The highest BCUT2D eigenvalue weighted by molar-refractivity contribution is 14.0. The number of hydrogen-bond acceptors (Lipinski definition) is 5. The van der Waals surface area contributed by atoms with Crippen molar-refractivity contribution in [2.45, 2.75) is 24.9 Å². The van der Waals surface area contributed by atoms with Crippen molar-refractivity contribution in [1.82, 2.24) is 15.4 Å². The Morgan fingerprint density at radius 2 is 1.84 bits per heavy atom. The Morgan fingerprint density at radius 3 is 2.56 bits per heavy atom. The molecule has 0 spiro atoms. The fourth-order valence-corrected chi connectivity index (χ4v) is 4.23. The molecule has 0 aliphatic carbocycles. The number of nitrogens with one attached hydrogen (secondary N) is 3. The number of aliphatic imine (C=N–C) groups is 1. The van der Waals surface area contributed by atoms with E-state index in [1.54, 1.807) is 25.2 Å². The second-order valence-corrected chi connectivity index (χ2v) is 8.73. The van der Waals surface area contributed by atoms with Crippen LogP contribution in [0.4, 0.5) is 0 Å². The zero-order valence-electron chi connectivity index (χ0n) is 18.3. The highest BCUT2D eigenvalue weighted by Crippen LogP contribution is 2.24. The van der Waals surface area contributed by atoms with Crippen molar-refractivity contribution in [3.8, 4) is 0 Å². The first-order valence-corrected chi connectivity index (χ1v) is 11.4. The van der Waals surface area contributed by atoms with Crippen molar-refractivity contribution in [2.24, 2.45) is 4.99 Å². The normalized spacial score (nSPS) is 11.9. The van der Waals surface area contributed by atoms with Gasteiger partial charge in [0.1, 0.15) is 11.3 Å². The molecule has 3 N–H and O–H groups in total. The van der Waals surface area contributed by atoms with E-state index in [2.05, 4.69) is 20.3 Å². The maximum absolute atomic E-state index is 12.4. The highest BCUT2D eigenvalue weighted by atomic mass is 127. The third-order valence-electron chi connectivity index (χ3n) is 4.85. The Bertz CT molecular complexity index is 1160. The van der Waals surface area contributed by atoms with Crippen LogP contribution in [0.15, 0.2) is 62.8 Å². The number of furan rings is 1. The molecule has 0 unspecified atom stereocenters. The summed E-state index contributed by atoms with van der Waals surface area (Å²) < 4.78 is 38.1. The molecule has 0 radical (unpaired) electrons. The number of benzene rings is 2. The van der Waals surface area contributed by atoms with E-state index < -0.39 is 10.0 Å². The van der Waals surface area contributed by atoms with Crippen LogP contribution >= 0.6 is 24.0 Å². The topological polar surface area (TPSA) is 105 Å². The molecule has 10 heteroatoms. The summed E-state index contributed by atoms with van der Waals surface area (Å²) >= 11 is 0. The van der Waals surface area contributed by atoms with Crippen LogP contribution in [0.1, 0.15) is 16.9 Å². The number of fused-ring (bicyclic) bond motifs is 1. The van der Waals surface area contributed by atoms with E-state index in [0.717, 1.165) is 27.9 Å². The summed E-state index contributed by atoms with van der Waals surface area (Å²) in [5.74, 6) is 1.44. The van der Waals surface area contributed by atoms with Gasteiger partial charge in [-0.1, -0.05) is 30.3 Å². The molecule has 0 bridgehead atoms. The van der Waals surface area contributed by atoms with Crippen molar-refractivity contribution < 1.29 is 17.6 Å². The third-order valence-corrected chi connectivity index (χ3v) is 6.31. The van der Waals surface area contributed by atoms with Crippen LogP contribution in [0.25, 0.3) is 11.0 Å². The van der Waals surface area contributed by atoms with Crippen LogP contribution in [0.5, 0.6) is 0 Å². The first-order chi connectivity index (χ1) is 14.9. The lowest BCUT2D eigenvalue weighted by Crippen LogP contribution is -2.36. The predicted molar refractivity (Wildman–Crippen MR) is 137 cm³/mol. The number of ether oxygens (including phenoxy) is 1. The number of sulfonamides is 1. The summed E-state index contributed by atoms with van der Waals surface area (Å²) in [4.78, 5) is 4.44. The van der Waals surface area contributed by atoms with E-state index in [1.807, 2.05) is 37.3 Å². The smallest absolute Gasteiger partial charge is 0.240 e. The summed E-state index contributed by atoms with van der Waals surface area (Å²) in [6, 6.07) is 14.7. The molecule has 1 aromatic heterocycles. The number of halogens is 1. The minimum absolute atomic E-state index is 0. The maximum atomic E-state index is 12.4. The number of hydrogen-bond donors (Lipinski definition) is 3. The van der Waals surface area contributed by atoms with Crippen LogP contribution in [0, 0.1) is 6.92 Å². The number of rotatable bonds is 9. The van der Waals surface area contributed by atoms with E-state index >= 15 is 0 Å². The van der Waals surface area contributed by atoms with Crippen LogP contribution in [-0.2, 0) is 27.8 Å². The fraction of sp³-hybridized carbons (Fsp3) is 0.318. The number of guanidine groups is 1. The molecule has 174 valence electrons. The van der Waals surface area contributed by atoms with Gasteiger partial charge in [0, 0.05) is 38.2 Å². The van der Waals surface area contributed by atoms with Crippen LogP contribution in [0.2, 0.25) is 0 Å². The Kier molecular flexibility index (Phi) is 9.94. The molecule has 8 nitrogen and oxygen atoms in total. The molecule has 0 amide bonds. The lowest BCUT2D eigenvalue weighted by atomic mass is 10.1. The summed E-state index contributed by atoms with van der Waals surface area (Å²) in [5, 5.41) is 7.54. The summed E-state index contributed by atoms with van der Waals surface area (Å²) in [5.41, 5.74) is 2.77. The monoisotopic (exact) mass is 572 g/mol. The predicted octanol–water partition coefficient (Wildman–Crippen LogP) is 3.15. The van der Waals surface area contributed by atoms with Gasteiger partial charge in [0.2, 0.25) is 10.0 Å². The lowest BCUT2D eigenvalue weighted by molar-refractivity contribution is 0.204. The molecule has 0 aliphatic rings. The molecule has 0 fully saturated rings. The van der Waals surface area contributed by atoms with E-state index in [1.165, 1.54) is 7.11 Å². The zero-order chi connectivity index (χ0) is 22.3. The number of aryl methyl sites for hydroxylation is 1. The summed E-state index contributed by atoms with van der Waals surface area (Å²) in [7, 11) is -0.372. The largest absolute Gasteiger partial charge is 0.459 e. The van der Waals surface area contributed by atoms with E-state index in [-0.39, 0.29) is 35.4 Å². The molecule has 1 heterocycles. The molecule has 0 saturated carbocycles. The van der Waals surface area contributed by atoms with Gasteiger partial charge < -0.3 is 19.8 Å². The Morgan fingerprint density at radius 1 is 1.09 bits per heavy atom. The molecule has 0 aliphatic heterocycles. The van der Waals surface area contributed by atoms with Gasteiger partial charge in [0.25, 0.3) is 0 Å². The van der Waals surface area contributed by atoms with Gasteiger partial charge in [-0.25, -0.2) is 13.1 Å². The summed E-state index contributed by atoms with van der Waals surface area (Å²) in [6.07, 6.45) is 0. The number of para-hydroxylation sites is 1. The average molecular weight is 572 g/mol. The molecule has 32 heavy (non-hydrogen) atoms. The van der Waals surface area contributed by atoms with E-state index in [9.17, 15) is 8.42 Å². The second-order valence-electron chi connectivity index (χ2n) is 6.96. The van der Waals surface area contributed by atoms with Gasteiger partial charge in [-0.05, 0) is 30.7 Å². The van der Waals surface area contributed by atoms with Crippen molar-refractivity contribution in [2.75, 3.05) is 27.3 Å². The average Bonchev–Trinajstić information content (AvgIpc) is 3.10. The van der Waals surface area contributed by atoms with Crippen molar-refractivity contribution in [3.05, 3.63) is 65.4 Å². The molecule has 3 rings (SSSR count). The third kappa shape index (κ3) is 6.67. The second kappa shape index (κ2) is 12.2. The maximum Gasteiger partial charge on any atom is 0.240 e. The standard InChI is InChI=1S/C22H28N4O4S.HI/c1-16-19-9-4-5-10-20(19)30-21(16)15-25-22(23-2)24-14-17-7-6-8-18(13-17)31(27,28)26-11-12-29-3;/h4-10,13,26H,11-12,14-15H2,1-3H3,(H2,23,24,25);1H. The molecule has 0 atom stereocenters. The molecule has 0 saturated heterocycles. The lowest BCUT2D eigenvalue weighted by Gasteiger charge is -2.12. The quantitative estimate of drug-likeness (QED) is 0.158. The van der Waals surface area contributed by atoms with Gasteiger partial charge >= 0.3 is 0 Å². The highest BCUT2D eigenvalue weighted by Gasteiger charge is 2.14. The van der Waals surface area contributed by atoms with Gasteiger partial charge in [-0.3, -0.25) is 4.99 Å². The van der Waals surface area contributed by atoms with E-state index in [4.69, 9.17) is 9.15 Å². The molecule has 2 aromatic carbocycles. The van der Waals surface area contributed by atoms with Crippen LogP contribution in [0.3, 0.4) is 0 Å². The first kappa shape index (κ1) is 26.1. The summed E-state index contributed by atoms with van der Waals surface area (Å²) in [6.45, 7) is 3.47. The van der Waals surface area contributed by atoms with Crippen LogP contribution < -0.4 is 15.4 Å². The first-order valence-electron chi connectivity index (χ1n) is 9.93. The van der Waals surface area contributed by atoms with Gasteiger partial charge in [-0.15, -0.1) is 24.0 Å². The minimum atomic E-state index is -3.58. The molecular formula is C22H29IN4O4S. The van der Waals surface area contributed by atoms with Gasteiger partial charge in [-0.2, -0.15) is 0 Å². The molecular weight excluding hydrogens is 543 g/mol. The van der Waals surface area contributed by atoms with Crippen molar-refractivity contribution >= 4 is 50.9 Å². The fourth-order valence-electron chi connectivity index (χ4n) is 3.15. The van der Waals surface area contributed by atoms with E-state index in [0.29, 0.717) is 25.7 Å². The van der Waals surface area contributed by atoms with Crippen molar-refractivity contribution in [3.63, 3.8) is 0 Å². The minimum Gasteiger partial charge on any atom is -0.459 e. The zero-order valence-corrected chi connectivity index (χ0v) is 21.5. The number of nitrogens with zero attached hydrogens (tertiary/aromatic N) is 1. The Labute approximate surface area is 205 Å². The molecule has 3 aromatic rings.